The molecule has 0 unspecified atom stereocenters. The molecule has 17 heavy (non-hydrogen) atoms. The Labute approximate surface area is 100 Å². The number of rotatable bonds is 2. The van der Waals surface area contributed by atoms with Crippen LogP contribution in [0.25, 0.3) is 5.57 Å². The summed E-state index contributed by atoms with van der Waals surface area (Å²) < 4.78 is 0. The van der Waals surface area contributed by atoms with Crippen molar-refractivity contribution < 1.29 is 0 Å². The molecule has 0 aliphatic carbocycles. The van der Waals surface area contributed by atoms with Gasteiger partial charge in [-0.25, -0.2) is 0 Å². The van der Waals surface area contributed by atoms with Crippen molar-refractivity contribution in [2.24, 2.45) is 4.99 Å². The fourth-order valence-corrected chi connectivity index (χ4v) is 1.93. The molecule has 0 N–H and O–H groups in total. The lowest BCUT2D eigenvalue weighted by Crippen LogP contribution is -1.92. The van der Waals surface area contributed by atoms with E-state index >= 15 is 0 Å². The van der Waals surface area contributed by atoms with Crippen LogP contribution < -0.4 is 4.98 Å². The lowest BCUT2D eigenvalue weighted by atomic mass is 10.0. The SMILES string of the molecule is C1=C/C(=C(\c2ccccc2)c2ccc[n-]2)N=C1. The first-order chi connectivity index (χ1) is 8.45. The van der Waals surface area contributed by atoms with Crippen molar-refractivity contribution in [3.8, 4) is 0 Å². The highest BCUT2D eigenvalue weighted by Gasteiger charge is 2.07. The van der Waals surface area contributed by atoms with Crippen LogP contribution in [0.1, 0.15) is 11.3 Å². The summed E-state index contributed by atoms with van der Waals surface area (Å²) in [6.45, 7) is 0. The molecule has 2 heteroatoms. The van der Waals surface area contributed by atoms with E-state index in [9.17, 15) is 0 Å². The van der Waals surface area contributed by atoms with E-state index in [1.807, 2.05) is 42.5 Å². The normalized spacial score (nSPS) is 16.5. The summed E-state index contributed by atoms with van der Waals surface area (Å²) in [6.07, 6.45) is 7.57. The van der Waals surface area contributed by atoms with E-state index in [0.29, 0.717) is 0 Å². The first-order valence-electron chi connectivity index (χ1n) is 5.53. The van der Waals surface area contributed by atoms with Gasteiger partial charge in [0.1, 0.15) is 0 Å². The van der Waals surface area contributed by atoms with Gasteiger partial charge in [0.25, 0.3) is 0 Å². The minimum absolute atomic E-state index is 0.968. The standard InChI is InChI=1S/C15H11N2/c1-2-6-12(7-3-1)15(13-8-4-10-16-13)14-9-5-11-17-14/h1-11H/q-1/b15-13-. The summed E-state index contributed by atoms with van der Waals surface area (Å²) in [5, 5.41) is 0. The van der Waals surface area contributed by atoms with E-state index in [2.05, 4.69) is 22.1 Å². The van der Waals surface area contributed by atoms with Gasteiger partial charge >= 0.3 is 0 Å². The molecule has 1 aromatic heterocycles. The molecule has 2 nitrogen and oxygen atoms in total. The third-order valence-corrected chi connectivity index (χ3v) is 2.68. The van der Waals surface area contributed by atoms with Crippen molar-refractivity contribution in [3.05, 3.63) is 77.8 Å². The highest BCUT2D eigenvalue weighted by Crippen LogP contribution is 2.27. The van der Waals surface area contributed by atoms with E-state index in [4.69, 9.17) is 0 Å². The molecule has 1 aliphatic heterocycles. The van der Waals surface area contributed by atoms with Gasteiger partial charge in [0, 0.05) is 6.21 Å². The van der Waals surface area contributed by atoms with Crippen LogP contribution in [0.5, 0.6) is 0 Å². The second-order valence-electron chi connectivity index (χ2n) is 3.79. The smallest absolute Gasteiger partial charge is 0.0696 e. The zero-order valence-electron chi connectivity index (χ0n) is 9.25. The molecule has 0 fully saturated rings. The number of hydrogen-bond acceptors (Lipinski definition) is 1. The second kappa shape index (κ2) is 4.26. The predicted octanol–water partition coefficient (Wildman–Crippen LogP) is 3.04. The maximum atomic E-state index is 4.37. The Bertz CT molecular complexity index is 573. The molecule has 2 aromatic rings. The van der Waals surface area contributed by atoms with E-state index in [-0.39, 0.29) is 0 Å². The maximum absolute atomic E-state index is 4.37. The predicted molar refractivity (Wildman–Crippen MR) is 69.9 cm³/mol. The molecule has 0 amide bonds. The number of hydrogen-bond donors (Lipinski definition) is 0. The van der Waals surface area contributed by atoms with Crippen molar-refractivity contribution in [2.45, 2.75) is 0 Å². The average Bonchev–Trinajstić information content (AvgIpc) is 3.04. The minimum Gasteiger partial charge on any atom is -0.664 e. The lowest BCUT2D eigenvalue weighted by molar-refractivity contribution is 1.29. The van der Waals surface area contributed by atoms with Gasteiger partial charge in [-0.15, -0.1) is 5.69 Å². The number of nitrogens with zero attached hydrogens (tertiary/aromatic N) is 2. The summed E-state index contributed by atoms with van der Waals surface area (Å²) >= 11 is 0. The Balaban J connectivity index is 2.20. The number of allylic oxidation sites excluding steroid dienone is 2. The number of benzene rings is 1. The zero-order valence-corrected chi connectivity index (χ0v) is 9.25. The van der Waals surface area contributed by atoms with Crippen LogP contribution in [-0.2, 0) is 0 Å². The molecule has 0 saturated heterocycles. The topological polar surface area (TPSA) is 26.5 Å². The van der Waals surface area contributed by atoms with Gasteiger partial charge in [-0.05, 0) is 23.3 Å². The van der Waals surface area contributed by atoms with E-state index in [0.717, 1.165) is 22.5 Å². The van der Waals surface area contributed by atoms with Gasteiger partial charge in [0.2, 0.25) is 0 Å². The quantitative estimate of drug-likeness (QED) is 0.762. The molecule has 2 heterocycles. The van der Waals surface area contributed by atoms with Crippen LogP contribution in [-0.4, -0.2) is 6.21 Å². The third-order valence-electron chi connectivity index (χ3n) is 2.68. The van der Waals surface area contributed by atoms with Crippen LogP contribution in [0.3, 0.4) is 0 Å². The first-order valence-corrected chi connectivity index (χ1v) is 5.53. The Morgan fingerprint density at radius 2 is 1.88 bits per heavy atom. The van der Waals surface area contributed by atoms with Crippen LogP contribution in [0, 0.1) is 0 Å². The summed E-state index contributed by atoms with van der Waals surface area (Å²) in [5.41, 5.74) is 4.16. The molecule has 1 aliphatic rings. The Hall–Kier alpha value is -2.35. The van der Waals surface area contributed by atoms with Gasteiger partial charge in [-0.1, -0.05) is 42.5 Å². The van der Waals surface area contributed by atoms with Gasteiger partial charge in [0.05, 0.1) is 5.70 Å². The first kappa shape index (κ1) is 9.85. The highest BCUT2D eigenvalue weighted by molar-refractivity contribution is 5.87. The van der Waals surface area contributed by atoms with Crippen LogP contribution >= 0.6 is 0 Å². The third kappa shape index (κ3) is 1.85. The second-order valence-corrected chi connectivity index (χ2v) is 3.79. The molecular formula is C15H11N2-. The molecule has 3 rings (SSSR count). The maximum Gasteiger partial charge on any atom is 0.0696 e. The van der Waals surface area contributed by atoms with Gasteiger partial charge < -0.3 is 4.98 Å². The monoisotopic (exact) mass is 219 g/mol. The van der Waals surface area contributed by atoms with E-state index in [1.54, 1.807) is 12.4 Å². The summed E-state index contributed by atoms with van der Waals surface area (Å²) in [6, 6.07) is 14.2. The number of aromatic nitrogens is 1. The molecular weight excluding hydrogens is 208 g/mol. The van der Waals surface area contributed by atoms with Crippen molar-refractivity contribution in [1.29, 1.82) is 0 Å². The van der Waals surface area contributed by atoms with Crippen LogP contribution in [0.15, 0.2) is 71.5 Å². The van der Waals surface area contributed by atoms with Gasteiger partial charge in [0.15, 0.2) is 0 Å². The van der Waals surface area contributed by atoms with E-state index < -0.39 is 0 Å². The van der Waals surface area contributed by atoms with E-state index in [1.165, 1.54) is 0 Å². The Morgan fingerprint density at radius 1 is 1.00 bits per heavy atom. The Kier molecular flexibility index (Phi) is 2.47. The van der Waals surface area contributed by atoms with Gasteiger partial charge in [-0.2, -0.15) is 6.20 Å². The van der Waals surface area contributed by atoms with Gasteiger partial charge in [-0.3, -0.25) is 4.99 Å². The molecule has 0 bridgehead atoms. The minimum atomic E-state index is 0.968. The highest BCUT2D eigenvalue weighted by atomic mass is 14.8. The van der Waals surface area contributed by atoms with Crippen molar-refractivity contribution >= 4 is 11.8 Å². The summed E-state index contributed by atoms with van der Waals surface area (Å²) in [5.74, 6) is 0. The largest absolute Gasteiger partial charge is 0.664 e. The summed E-state index contributed by atoms with van der Waals surface area (Å²) in [7, 11) is 0. The Morgan fingerprint density at radius 3 is 2.53 bits per heavy atom. The number of aliphatic imine (C=N–C) groups is 1. The van der Waals surface area contributed by atoms with Crippen LogP contribution in [0.2, 0.25) is 0 Å². The lowest BCUT2D eigenvalue weighted by Gasteiger charge is -2.14. The van der Waals surface area contributed by atoms with Crippen molar-refractivity contribution in [1.82, 2.24) is 4.98 Å². The van der Waals surface area contributed by atoms with Crippen LogP contribution in [0.4, 0.5) is 0 Å². The molecule has 0 atom stereocenters. The van der Waals surface area contributed by atoms with Crippen molar-refractivity contribution in [3.63, 3.8) is 0 Å². The van der Waals surface area contributed by atoms with Crippen molar-refractivity contribution in [2.75, 3.05) is 0 Å². The zero-order chi connectivity index (χ0) is 11.5. The summed E-state index contributed by atoms with van der Waals surface area (Å²) in [4.78, 5) is 8.74. The fraction of sp³-hybridized carbons (Fsp3) is 0. The molecule has 0 saturated carbocycles. The molecule has 0 spiro atoms. The molecule has 82 valence electrons. The molecule has 1 aromatic carbocycles. The molecule has 0 radical (unpaired) electrons. The fourth-order valence-electron chi connectivity index (χ4n) is 1.93. The average molecular weight is 219 g/mol.